The predicted molar refractivity (Wildman–Crippen MR) is 81.3 cm³/mol. The highest BCUT2D eigenvalue weighted by atomic mass is 35.5. The smallest absolute Gasteiger partial charge is 0.330 e. The Morgan fingerprint density at radius 1 is 1.45 bits per heavy atom. The van der Waals surface area contributed by atoms with Gasteiger partial charge in [0.1, 0.15) is 12.3 Å². The van der Waals surface area contributed by atoms with Crippen molar-refractivity contribution in [2.45, 2.75) is 24.9 Å². The molecule has 0 saturated carbocycles. The monoisotopic (exact) mass is 344 g/mol. The first-order valence-electron chi connectivity index (χ1n) is 6.55. The van der Waals surface area contributed by atoms with Gasteiger partial charge in [-0.05, 0) is 12.1 Å². The third-order valence-electron chi connectivity index (χ3n) is 3.50. The topological polar surface area (TPSA) is 105 Å². The molecule has 0 amide bonds. The van der Waals surface area contributed by atoms with Crippen LogP contribution in [0.25, 0.3) is 10.4 Å². The van der Waals surface area contributed by atoms with Crippen LogP contribution >= 0.6 is 22.9 Å². The van der Waals surface area contributed by atoms with Crippen molar-refractivity contribution < 1.29 is 14.9 Å². The molecular weight excluding hydrogens is 332 g/mol. The zero-order valence-electron chi connectivity index (χ0n) is 11.2. The zero-order chi connectivity index (χ0) is 15.9. The molecule has 2 aromatic rings. The number of aromatic nitrogens is 2. The van der Waals surface area contributed by atoms with Crippen LogP contribution in [0.15, 0.2) is 27.9 Å². The molecule has 3 atom stereocenters. The van der Waals surface area contributed by atoms with Crippen LogP contribution in [-0.4, -0.2) is 38.6 Å². The van der Waals surface area contributed by atoms with Gasteiger partial charge in [0.2, 0.25) is 0 Å². The van der Waals surface area contributed by atoms with Crippen molar-refractivity contribution in [1.29, 1.82) is 0 Å². The van der Waals surface area contributed by atoms with Crippen LogP contribution in [0, 0.1) is 0 Å². The van der Waals surface area contributed by atoms with Gasteiger partial charge in [-0.15, -0.1) is 11.3 Å². The molecule has 0 unspecified atom stereocenters. The number of aliphatic hydroxyl groups is 2. The molecule has 0 radical (unpaired) electrons. The predicted octanol–water partition coefficient (Wildman–Crippen LogP) is 0.559. The van der Waals surface area contributed by atoms with Gasteiger partial charge in [0.15, 0.2) is 0 Å². The van der Waals surface area contributed by atoms with Crippen LogP contribution in [0.1, 0.15) is 12.6 Å². The van der Waals surface area contributed by atoms with E-state index in [1.807, 2.05) is 0 Å². The largest absolute Gasteiger partial charge is 0.394 e. The Morgan fingerprint density at radius 2 is 2.23 bits per heavy atom. The summed E-state index contributed by atoms with van der Waals surface area (Å²) < 4.78 is 7.18. The molecule has 0 spiro atoms. The molecule has 3 rings (SSSR count). The van der Waals surface area contributed by atoms with Crippen molar-refractivity contribution in [3.63, 3.8) is 0 Å². The van der Waals surface area contributed by atoms with Crippen molar-refractivity contribution in [3.05, 3.63) is 43.5 Å². The molecule has 1 aliphatic rings. The summed E-state index contributed by atoms with van der Waals surface area (Å²) in [6, 6.07) is 3.35. The Kier molecular flexibility index (Phi) is 4.20. The van der Waals surface area contributed by atoms with Crippen molar-refractivity contribution in [2.24, 2.45) is 0 Å². The van der Waals surface area contributed by atoms with Crippen LogP contribution in [0.5, 0.6) is 0 Å². The van der Waals surface area contributed by atoms with Crippen molar-refractivity contribution in [3.8, 4) is 10.4 Å². The molecular formula is C13H13ClN2O5S. The van der Waals surface area contributed by atoms with E-state index in [4.69, 9.17) is 21.4 Å². The van der Waals surface area contributed by atoms with Gasteiger partial charge in [-0.1, -0.05) is 11.6 Å². The lowest BCUT2D eigenvalue weighted by Gasteiger charge is -2.15. The first-order chi connectivity index (χ1) is 10.5. The van der Waals surface area contributed by atoms with Gasteiger partial charge in [-0.2, -0.15) is 0 Å². The van der Waals surface area contributed by atoms with Gasteiger partial charge in [0.25, 0.3) is 5.56 Å². The number of rotatable bonds is 3. The van der Waals surface area contributed by atoms with Crippen LogP contribution in [0.4, 0.5) is 0 Å². The molecule has 9 heteroatoms. The fourth-order valence-electron chi connectivity index (χ4n) is 2.38. The van der Waals surface area contributed by atoms with Gasteiger partial charge >= 0.3 is 5.69 Å². The van der Waals surface area contributed by atoms with Crippen LogP contribution < -0.4 is 11.2 Å². The van der Waals surface area contributed by atoms with Crippen LogP contribution in [0.3, 0.4) is 0 Å². The summed E-state index contributed by atoms with van der Waals surface area (Å²) in [4.78, 5) is 26.8. The van der Waals surface area contributed by atoms with Crippen molar-refractivity contribution in [1.82, 2.24) is 9.55 Å². The number of H-pyrrole nitrogens is 1. The number of aliphatic hydroxyl groups excluding tert-OH is 2. The van der Waals surface area contributed by atoms with E-state index in [1.54, 1.807) is 12.1 Å². The van der Waals surface area contributed by atoms with Gasteiger partial charge in [-0.25, -0.2) is 4.79 Å². The van der Waals surface area contributed by atoms with E-state index in [-0.39, 0.29) is 13.0 Å². The Labute approximate surface area is 133 Å². The fourth-order valence-corrected chi connectivity index (χ4v) is 3.43. The highest BCUT2D eigenvalue weighted by molar-refractivity contribution is 7.19. The van der Waals surface area contributed by atoms with Crippen molar-refractivity contribution >= 4 is 22.9 Å². The number of aromatic amines is 1. The average molecular weight is 345 g/mol. The Hall–Kier alpha value is -1.45. The first-order valence-corrected chi connectivity index (χ1v) is 7.74. The molecule has 1 saturated heterocycles. The molecule has 1 fully saturated rings. The lowest BCUT2D eigenvalue weighted by molar-refractivity contribution is -0.0458. The Bertz CT molecular complexity index is 798. The highest BCUT2D eigenvalue weighted by Gasteiger charge is 2.35. The van der Waals surface area contributed by atoms with E-state index < -0.39 is 29.7 Å². The molecule has 0 bridgehead atoms. The van der Waals surface area contributed by atoms with Crippen molar-refractivity contribution in [2.75, 3.05) is 6.61 Å². The minimum Gasteiger partial charge on any atom is -0.394 e. The summed E-state index contributed by atoms with van der Waals surface area (Å²) in [6.07, 6.45) is -0.815. The van der Waals surface area contributed by atoms with E-state index in [0.29, 0.717) is 14.8 Å². The van der Waals surface area contributed by atoms with E-state index in [0.717, 1.165) is 0 Å². The highest BCUT2D eigenvalue weighted by Crippen LogP contribution is 2.31. The van der Waals surface area contributed by atoms with Gasteiger partial charge in [0.05, 0.1) is 22.6 Å². The number of hydrogen-bond donors (Lipinski definition) is 3. The second-order valence-electron chi connectivity index (χ2n) is 4.93. The number of ether oxygens (including phenoxy) is 1. The van der Waals surface area contributed by atoms with Gasteiger partial charge in [0, 0.05) is 17.5 Å². The third kappa shape index (κ3) is 2.75. The minimum absolute atomic E-state index is 0.155. The second kappa shape index (κ2) is 5.98. The number of halogens is 1. The van der Waals surface area contributed by atoms with Gasteiger partial charge < -0.3 is 14.9 Å². The third-order valence-corrected chi connectivity index (χ3v) is 4.77. The lowest BCUT2D eigenvalue weighted by Crippen LogP contribution is -2.33. The molecule has 7 nitrogen and oxygen atoms in total. The SMILES string of the molecule is O=c1[nH]c(=O)n([C@@H]2C[C@@H](O)[C@H](CO)O2)cc1-c1ccc(Cl)s1. The van der Waals surface area contributed by atoms with E-state index in [9.17, 15) is 14.7 Å². The molecule has 22 heavy (non-hydrogen) atoms. The molecule has 118 valence electrons. The van der Waals surface area contributed by atoms with E-state index >= 15 is 0 Å². The number of nitrogens with one attached hydrogen (secondary N) is 1. The van der Waals surface area contributed by atoms with E-state index in [2.05, 4.69) is 4.98 Å². The Balaban J connectivity index is 2.03. The average Bonchev–Trinajstić information content (AvgIpc) is 3.05. The summed E-state index contributed by atoms with van der Waals surface area (Å²) >= 11 is 7.09. The number of thiophene rings is 1. The summed E-state index contributed by atoms with van der Waals surface area (Å²) in [5, 5.41) is 18.9. The summed E-state index contributed by atoms with van der Waals surface area (Å²) in [7, 11) is 0. The normalized spacial score (nSPS) is 24.8. The first kappa shape index (κ1) is 15.4. The molecule has 2 aromatic heterocycles. The zero-order valence-corrected chi connectivity index (χ0v) is 12.8. The summed E-state index contributed by atoms with van der Waals surface area (Å²) in [5.41, 5.74) is -0.855. The maximum atomic E-state index is 12.0. The maximum absolute atomic E-state index is 12.0. The molecule has 0 aliphatic carbocycles. The molecule has 3 heterocycles. The fraction of sp³-hybridized carbons (Fsp3) is 0.385. The maximum Gasteiger partial charge on any atom is 0.330 e. The minimum atomic E-state index is -0.867. The summed E-state index contributed by atoms with van der Waals surface area (Å²) in [5.74, 6) is 0. The quantitative estimate of drug-likeness (QED) is 0.754. The van der Waals surface area contributed by atoms with Crippen LogP contribution in [0.2, 0.25) is 4.34 Å². The lowest BCUT2D eigenvalue weighted by atomic mass is 10.2. The van der Waals surface area contributed by atoms with Gasteiger partial charge in [-0.3, -0.25) is 14.3 Å². The number of nitrogens with zero attached hydrogens (tertiary/aromatic N) is 1. The number of hydrogen-bond acceptors (Lipinski definition) is 6. The Morgan fingerprint density at radius 3 is 2.82 bits per heavy atom. The molecule has 1 aliphatic heterocycles. The molecule has 0 aromatic carbocycles. The second-order valence-corrected chi connectivity index (χ2v) is 6.64. The molecule has 3 N–H and O–H groups in total. The summed E-state index contributed by atoms with van der Waals surface area (Å²) in [6.45, 7) is -0.344. The standard InChI is InChI=1S/C13H13ClN2O5S/c14-10-2-1-9(22-10)6-4-16(13(20)15-12(6)19)11-3-7(18)8(5-17)21-11/h1-2,4,7-8,11,17-18H,3,5H2,(H,15,19,20)/t7-,8+,11+/m1/s1. The van der Waals surface area contributed by atoms with Crippen LogP contribution in [-0.2, 0) is 4.74 Å². The van der Waals surface area contributed by atoms with E-state index in [1.165, 1.54) is 22.1 Å².